The number of alkyl halides is 4. The van der Waals surface area contributed by atoms with Gasteiger partial charge in [-0.1, -0.05) is 18.2 Å². The molecule has 96 valence electrons. The molecule has 0 saturated carbocycles. The minimum atomic E-state index is -4.55. The molecule has 0 aromatic heterocycles. The molecule has 7 heteroatoms. The van der Waals surface area contributed by atoms with Crippen LogP contribution in [0, 0.1) is 0 Å². The highest BCUT2D eigenvalue weighted by molar-refractivity contribution is 5.36. The van der Waals surface area contributed by atoms with Crippen LogP contribution >= 0.6 is 0 Å². The zero-order valence-electron chi connectivity index (χ0n) is 8.75. The van der Waals surface area contributed by atoms with Crippen LogP contribution in [0.15, 0.2) is 24.3 Å². The van der Waals surface area contributed by atoms with Crippen LogP contribution in [0.1, 0.15) is 11.6 Å². The number of ether oxygens (including phenoxy) is 1. The second kappa shape index (κ2) is 5.33. The maximum Gasteiger partial charge on any atom is 0.461 e. The SMILES string of the molecule is NC[C@H](N)c1ccccc1OC(F)(F)C(F)F. The Morgan fingerprint density at radius 2 is 1.82 bits per heavy atom. The molecule has 0 saturated heterocycles. The van der Waals surface area contributed by atoms with Gasteiger partial charge in [-0.05, 0) is 6.07 Å². The summed E-state index contributed by atoms with van der Waals surface area (Å²) in [4.78, 5) is 0. The van der Waals surface area contributed by atoms with Crippen molar-refractivity contribution in [3.63, 3.8) is 0 Å². The van der Waals surface area contributed by atoms with Gasteiger partial charge >= 0.3 is 12.5 Å². The topological polar surface area (TPSA) is 61.3 Å². The first-order valence-corrected chi connectivity index (χ1v) is 4.78. The molecule has 1 aromatic rings. The standard InChI is InChI=1S/C10H12F4N2O/c11-9(12)10(13,14)17-8-4-2-1-3-6(8)7(16)5-15/h1-4,7,9H,5,15-16H2/t7-/m0/s1. The van der Waals surface area contributed by atoms with E-state index in [0.717, 1.165) is 6.07 Å². The van der Waals surface area contributed by atoms with E-state index in [1.54, 1.807) is 0 Å². The normalized spacial score (nSPS) is 13.8. The molecule has 0 aliphatic carbocycles. The van der Waals surface area contributed by atoms with Crippen molar-refractivity contribution in [2.45, 2.75) is 18.6 Å². The largest absolute Gasteiger partial charge is 0.461 e. The fourth-order valence-electron chi connectivity index (χ4n) is 1.20. The number of para-hydroxylation sites is 1. The number of nitrogens with two attached hydrogens (primary N) is 2. The fourth-order valence-corrected chi connectivity index (χ4v) is 1.20. The second-order valence-corrected chi connectivity index (χ2v) is 3.34. The number of benzene rings is 1. The Bertz CT molecular complexity index is 373. The molecule has 1 rings (SSSR count). The van der Waals surface area contributed by atoms with Crippen molar-refractivity contribution >= 4 is 0 Å². The lowest BCUT2D eigenvalue weighted by Crippen LogP contribution is -2.34. The van der Waals surface area contributed by atoms with Crippen molar-refractivity contribution in [3.05, 3.63) is 29.8 Å². The molecule has 3 nitrogen and oxygen atoms in total. The molecule has 17 heavy (non-hydrogen) atoms. The highest BCUT2D eigenvalue weighted by Gasteiger charge is 2.44. The maximum absolute atomic E-state index is 12.7. The average molecular weight is 252 g/mol. The maximum atomic E-state index is 12.7. The van der Waals surface area contributed by atoms with E-state index in [4.69, 9.17) is 11.5 Å². The van der Waals surface area contributed by atoms with E-state index >= 15 is 0 Å². The molecular formula is C10H12F4N2O. The van der Waals surface area contributed by atoms with E-state index in [1.165, 1.54) is 18.2 Å². The van der Waals surface area contributed by atoms with Crippen LogP contribution in [-0.2, 0) is 0 Å². The Kier molecular flexibility index (Phi) is 4.30. The van der Waals surface area contributed by atoms with Gasteiger partial charge in [-0.2, -0.15) is 17.6 Å². The zero-order chi connectivity index (χ0) is 13.1. The van der Waals surface area contributed by atoms with Crippen molar-refractivity contribution < 1.29 is 22.3 Å². The van der Waals surface area contributed by atoms with Gasteiger partial charge in [0.15, 0.2) is 0 Å². The highest BCUT2D eigenvalue weighted by atomic mass is 19.3. The summed E-state index contributed by atoms with van der Waals surface area (Å²) in [6.45, 7) is -0.0133. The van der Waals surface area contributed by atoms with Crippen molar-refractivity contribution in [2.75, 3.05) is 6.54 Å². The third-order valence-electron chi connectivity index (χ3n) is 2.07. The average Bonchev–Trinajstić information content (AvgIpc) is 2.28. The zero-order valence-corrected chi connectivity index (χ0v) is 8.75. The molecule has 0 unspecified atom stereocenters. The van der Waals surface area contributed by atoms with Crippen LogP contribution in [0.25, 0.3) is 0 Å². The monoisotopic (exact) mass is 252 g/mol. The first kappa shape index (κ1) is 13.7. The molecular weight excluding hydrogens is 240 g/mol. The van der Waals surface area contributed by atoms with E-state index < -0.39 is 24.3 Å². The van der Waals surface area contributed by atoms with E-state index in [9.17, 15) is 17.6 Å². The molecule has 1 atom stereocenters. The molecule has 0 bridgehead atoms. The lowest BCUT2D eigenvalue weighted by atomic mass is 10.1. The van der Waals surface area contributed by atoms with Gasteiger partial charge in [0.05, 0.1) is 0 Å². The van der Waals surface area contributed by atoms with Gasteiger partial charge in [0.1, 0.15) is 5.75 Å². The second-order valence-electron chi connectivity index (χ2n) is 3.34. The van der Waals surface area contributed by atoms with E-state index in [2.05, 4.69) is 4.74 Å². The Balaban J connectivity index is 2.98. The summed E-state index contributed by atoms with van der Waals surface area (Å²) in [5.74, 6) is -0.393. The van der Waals surface area contributed by atoms with Gasteiger partial charge in [0.2, 0.25) is 0 Å². The first-order chi connectivity index (χ1) is 7.88. The summed E-state index contributed by atoms with van der Waals surface area (Å²) in [5, 5.41) is 0. The summed E-state index contributed by atoms with van der Waals surface area (Å²) in [6.07, 6.45) is -8.46. The quantitative estimate of drug-likeness (QED) is 0.786. The highest BCUT2D eigenvalue weighted by Crippen LogP contribution is 2.31. The van der Waals surface area contributed by atoms with Crippen LogP contribution < -0.4 is 16.2 Å². The third-order valence-corrected chi connectivity index (χ3v) is 2.07. The van der Waals surface area contributed by atoms with Gasteiger partial charge in [0, 0.05) is 18.2 Å². The summed E-state index contributed by atoms with van der Waals surface area (Å²) >= 11 is 0. The van der Waals surface area contributed by atoms with Crippen LogP contribution in [0.3, 0.4) is 0 Å². The number of rotatable bonds is 5. The van der Waals surface area contributed by atoms with Crippen molar-refractivity contribution in [1.29, 1.82) is 0 Å². The van der Waals surface area contributed by atoms with E-state index in [0.29, 0.717) is 0 Å². The van der Waals surface area contributed by atoms with Crippen molar-refractivity contribution in [2.24, 2.45) is 11.5 Å². The lowest BCUT2D eigenvalue weighted by molar-refractivity contribution is -0.253. The predicted octanol–water partition coefficient (Wildman–Crippen LogP) is 1.88. The smallest absolute Gasteiger partial charge is 0.428 e. The van der Waals surface area contributed by atoms with Gasteiger partial charge in [-0.15, -0.1) is 0 Å². The summed E-state index contributed by atoms with van der Waals surface area (Å²) in [5.41, 5.74) is 11.0. The fraction of sp³-hybridized carbons (Fsp3) is 0.400. The molecule has 0 amide bonds. The Hall–Kier alpha value is -1.34. The van der Waals surface area contributed by atoms with Crippen LogP contribution in [0.5, 0.6) is 5.75 Å². The minimum Gasteiger partial charge on any atom is -0.428 e. The Morgan fingerprint density at radius 1 is 1.24 bits per heavy atom. The molecule has 0 radical (unpaired) electrons. The summed E-state index contributed by atoms with van der Waals surface area (Å²) in [7, 11) is 0. The molecule has 4 N–H and O–H groups in total. The molecule has 0 aliphatic heterocycles. The molecule has 1 aromatic carbocycles. The molecule has 0 spiro atoms. The Labute approximate surface area is 95.3 Å². The predicted molar refractivity (Wildman–Crippen MR) is 54.0 cm³/mol. The number of hydrogen-bond donors (Lipinski definition) is 2. The summed E-state index contributed by atoms with van der Waals surface area (Å²) < 4.78 is 53.4. The molecule has 0 fully saturated rings. The van der Waals surface area contributed by atoms with Gasteiger partial charge in [0.25, 0.3) is 0 Å². The first-order valence-electron chi connectivity index (χ1n) is 4.78. The van der Waals surface area contributed by atoms with Crippen LogP contribution in [0.2, 0.25) is 0 Å². The third kappa shape index (κ3) is 3.31. The summed E-state index contributed by atoms with van der Waals surface area (Å²) in [6, 6.07) is 4.69. The van der Waals surface area contributed by atoms with Gasteiger partial charge < -0.3 is 16.2 Å². The lowest BCUT2D eigenvalue weighted by Gasteiger charge is -2.20. The van der Waals surface area contributed by atoms with Crippen molar-refractivity contribution in [3.8, 4) is 5.75 Å². The minimum absolute atomic E-state index is 0.0133. The van der Waals surface area contributed by atoms with Gasteiger partial charge in [-0.3, -0.25) is 0 Å². The van der Waals surface area contributed by atoms with E-state index in [1.807, 2.05) is 0 Å². The van der Waals surface area contributed by atoms with Crippen LogP contribution in [0.4, 0.5) is 17.6 Å². The van der Waals surface area contributed by atoms with Gasteiger partial charge in [-0.25, -0.2) is 0 Å². The van der Waals surface area contributed by atoms with Crippen LogP contribution in [-0.4, -0.2) is 19.1 Å². The molecule has 0 heterocycles. The number of halogens is 4. The Morgan fingerprint density at radius 3 is 2.35 bits per heavy atom. The van der Waals surface area contributed by atoms with Crippen molar-refractivity contribution in [1.82, 2.24) is 0 Å². The molecule has 0 aliphatic rings. The van der Waals surface area contributed by atoms with E-state index in [-0.39, 0.29) is 12.1 Å². The number of hydrogen-bond acceptors (Lipinski definition) is 3.